The zero-order valence-electron chi connectivity index (χ0n) is 12.7. The Morgan fingerprint density at radius 2 is 1.85 bits per heavy atom. The number of nitrogens with one attached hydrogen (secondary N) is 2. The fourth-order valence-electron chi connectivity index (χ4n) is 2.50. The molecule has 4 nitrogen and oxygen atoms in total. The molecule has 1 aromatic carbocycles. The zero-order valence-corrected chi connectivity index (χ0v) is 12.7. The van der Waals surface area contributed by atoms with Gasteiger partial charge in [-0.1, -0.05) is 17.7 Å². The number of carbonyl (C=O) groups is 1. The molecule has 1 aliphatic rings. The van der Waals surface area contributed by atoms with Gasteiger partial charge in [-0.3, -0.25) is 9.69 Å². The lowest BCUT2D eigenvalue weighted by molar-refractivity contribution is -0.117. The second-order valence-corrected chi connectivity index (χ2v) is 6.00. The molecule has 110 valence electrons. The minimum Gasteiger partial charge on any atom is -0.325 e. The number of rotatable bonds is 4. The van der Waals surface area contributed by atoms with E-state index in [1.165, 1.54) is 5.56 Å². The highest BCUT2D eigenvalue weighted by atomic mass is 16.2. The van der Waals surface area contributed by atoms with Gasteiger partial charge in [0.15, 0.2) is 0 Å². The van der Waals surface area contributed by atoms with E-state index in [1.807, 2.05) is 38.2 Å². The molecule has 0 radical (unpaired) electrons. The molecular formula is C16H25N3O. The Kier molecular flexibility index (Phi) is 4.78. The summed E-state index contributed by atoms with van der Waals surface area (Å²) < 4.78 is 0. The fourth-order valence-corrected chi connectivity index (χ4v) is 2.50. The van der Waals surface area contributed by atoms with Gasteiger partial charge in [-0.15, -0.1) is 0 Å². The van der Waals surface area contributed by atoms with Crippen LogP contribution >= 0.6 is 0 Å². The first-order valence-electron chi connectivity index (χ1n) is 7.28. The number of piperidine rings is 1. The van der Waals surface area contributed by atoms with Crippen molar-refractivity contribution in [3.8, 4) is 0 Å². The Hall–Kier alpha value is -1.39. The zero-order chi connectivity index (χ0) is 14.6. The van der Waals surface area contributed by atoms with E-state index in [0.717, 1.165) is 31.6 Å². The van der Waals surface area contributed by atoms with Crippen LogP contribution in [0.15, 0.2) is 24.3 Å². The average Bonchev–Trinajstić information content (AvgIpc) is 2.44. The van der Waals surface area contributed by atoms with Crippen LogP contribution in [0.25, 0.3) is 0 Å². The molecule has 0 aromatic heterocycles. The summed E-state index contributed by atoms with van der Waals surface area (Å²) in [7, 11) is 2.01. The van der Waals surface area contributed by atoms with Crippen molar-refractivity contribution in [3.05, 3.63) is 29.8 Å². The molecule has 20 heavy (non-hydrogen) atoms. The summed E-state index contributed by atoms with van der Waals surface area (Å²) >= 11 is 0. The van der Waals surface area contributed by atoms with Crippen LogP contribution in [0.5, 0.6) is 0 Å². The number of benzene rings is 1. The number of aryl methyl sites for hydroxylation is 1. The molecule has 0 bridgehead atoms. The van der Waals surface area contributed by atoms with Crippen LogP contribution in [-0.2, 0) is 4.79 Å². The third-order valence-corrected chi connectivity index (χ3v) is 4.27. The largest absolute Gasteiger partial charge is 0.325 e. The number of carbonyl (C=O) groups excluding carboxylic acids is 1. The quantitative estimate of drug-likeness (QED) is 0.883. The topological polar surface area (TPSA) is 44.4 Å². The van der Waals surface area contributed by atoms with E-state index >= 15 is 0 Å². The van der Waals surface area contributed by atoms with Crippen LogP contribution in [-0.4, -0.2) is 43.0 Å². The van der Waals surface area contributed by atoms with E-state index in [-0.39, 0.29) is 11.4 Å². The first-order valence-corrected chi connectivity index (χ1v) is 7.28. The van der Waals surface area contributed by atoms with E-state index in [9.17, 15) is 4.79 Å². The van der Waals surface area contributed by atoms with E-state index < -0.39 is 0 Å². The first kappa shape index (κ1) is 15.0. The Balaban J connectivity index is 1.79. The maximum atomic E-state index is 12.0. The number of hydrogen-bond donors (Lipinski definition) is 2. The van der Waals surface area contributed by atoms with Crippen LogP contribution in [0, 0.1) is 6.92 Å². The molecule has 1 amide bonds. The van der Waals surface area contributed by atoms with Crippen molar-refractivity contribution in [1.29, 1.82) is 0 Å². The highest BCUT2D eigenvalue weighted by Crippen LogP contribution is 2.20. The summed E-state index contributed by atoms with van der Waals surface area (Å²) in [6.07, 6.45) is 2.17. The molecule has 1 fully saturated rings. The normalized spacial score (nSPS) is 18.8. The van der Waals surface area contributed by atoms with Gasteiger partial charge in [0.1, 0.15) is 0 Å². The number of nitrogens with zero attached hydrogens (tertiary/aromatic N) is 1. The van der Waals surface area contributed by atoms with Crippen LogP contribution < -0.4 is 10.6 Å². The van der Waals surface area contributed by atoms with Gasteiger partial charge in [0, 0.05) is 24.3 Å². The molecule has 0 saturated carbocycles. The number of hydrogen-bond acceptors (Lipinski definition) is 3. The van der Waals surface area contributed by atoms with E-state index in [0.29, 0.717) is 6.54 Å². The van der Waals surface area contributed by atoms with Crippen molar-refractivity contribution >= 4 is 11.6 Å². The van der Waals surface area contributed by atoms with Gasteiger partial charge in [-0.2, -0.15) is 0 Å². The number of anilines is 1. The van der Waals surface area contributed by atoms with Crippen molar-refractivity contribution in [2.75, 3.05) is 32.0 Å². The molecule has 1 saturated heterocycles. The number of amides is 1. The average molecular weight is 275 g/mol. The summed E-state index contributed by atoms with van der Waals surface area (Å²) in [5.41, 5.74) is 2.30. The lowest BCUT2D eigenvalue weighted by Gasteiger charge is -2.39. The van der Waals surface area contributed by atoms with Gasteiger partial charge in [0.05, 0.1) is 6.54 Å². The predicted octanol–water partition coefficient (Wildman–Crippen LogP) is 2.01. The van der Waals surface area contributed by atoms with Crippen molar-refractivity contribution in [2.24, 2.45) is 0 Å². The summed E-state index contributed by atoms with van der Waals surface area (Å²) in [6, 6.07) is 7.91. The standard InChI is InChI=1S/C16H25N3O/c1-13-4-6-14(7-5-13)18-15(20)12-19-10-8-16(2,17-3)9-11-19/h4-7,17H,8-12H2,1-3H3,(H,18,20). The summed E-state index contributed by atoms with van der Waals surface area (Å²) in [6.45, 7) is 6.71. The van der Waals surface area contributed by atoms with Crippen LogP contribution in [0.3, 0.4) is 0 Å². The maximum Gasteiger partial charge on any atom is 0.238 e. The molecule has 2 rings (SSSR count). The molecule has 0 atom stereocenters. The van der Waals surface area contributed by atoms with Crippen molar-refractivity contribution in [2.45, 2.75) is 32.2 Å². The van der Waals surface area contributed by atoms with E-state index in [1.54, 1.807) is 0 Å². The Labute approximate surface area is 121 Å². The van der Waals surface area contributed by atoms with Crippen LogP contribution in [0.2, 0.25) is 0 Å². The molecule has 1 aromatic rings. The third-order valence-electron chi connectivity index (χ3n) is 4.27. The molecule has 2 N–H and O–H groups in total. The van der Waals surface area contributed by atoms with Crippen molar-refractivity contribution in [1.82, 2.24) is 10.2 Å². The summed E-state index contributed by atoms with van der Waals surface area (Å²) in [4.78, 5) is 14.3. The molecular weight excluding hydrogens is 250 g/mol. The van der Waals surface area contributed by atoms with Crippen LogP contribution in [0.1, 0.15) is 25.3 Å². The second-order valence-electron chi connectivity index (χ2n) is 6.00. The fraction of sp³-hybridized carbons (Fsp3) is 0.562. The minimum absolute atomic E-state index is 0.0712. The second kappa shape index (κ2) is 6.37. The number of likely N-dealkylation sites (tertiary alicyclic amines) is 1. The predicted molar refractivity (Wildman–Crippen MR) is 82.9 cm³/mol. The minimum atomic E-state index is 0.0712. The highest BCUT2D eigenvalue weighted by molar-refractivity contribution is 5.92. The smallest absolute Gasteiger partial charge is 0.238 e. The van der Waals surface area contributed by atoms with Gasteiger partial charge >= 0.3 is 0 Å². The van der Waals surface area contributed by atoms with E-state index in [4.69, 9.17) is 0 Å². The molecule has 1 aliphatic heterocycles. The maximum absolute atomic E-state index is 12.0. The monoisotopic (exact) mass is 275 g/mol. The Morgan fingerprint density at radius 1 is 1.25 bits per heavy atom. The van der Waals surface area contributed by atoms with Gasteiger partial charge < -0.3 is 10.6 Å². The highest BCUT2D eigenvalue weighted by Gasteiger charge is 2.28. The van der Waals surface area contributed by atoms with Gasteiger partial charge in [0.2, 0.25) is 5.91 Å². The summed E-state index contributed by atoms with van der Waals surface area (Å²) in [5, 5.41) is 6.33. The van der Waals surface area contributed by atoms with Gasteiger partial charge in [-0.05, 0) is 45.9 Å². The van der Waals surface area contributed by atoms with Gasteiger partial charge in [0.25, 0.3) is 0 Å². The molecule has 4 heteroatoms. The Bertz CT molecular complexity index is 447. The molecule has 0 unspecified atom stereocenters. The SMILES string of the molecule is CNC1(C)CCN(CC(=O)Nc2ccc(C)cc2)CC1. The Morgan fingerprint density at radius 3 is 2.40 bits per heavy atom. The first-order chi connectivity index (χ1) is 9.50. The van der Waals surface area contributed by atoms with Crippen molar-refractivity contribution < 1.29 is 4.79 Å². The lowest BCUT2D eigenvalue weighted by Crippen LogP contribution is -2.51. The van der Waals surface area contributed by atoms with Crippen molar-refractivity contribution in [3.63, 3.8) is 0 Å². The molecule has 0 spiro atoms. The molecule has 1 heterocycles. The lowest BCUT2D eigenvalue weighted by atomic mass is 9.90. The summed E-state index contributed by atoms with van der Waals surface area (Å²) in [5.74, 6) is 0.0712. The third kappa shape index (κ3) is 4.05. The van der Waals surface area contributed by atoms with Crippen LogP contribution in [0.4, 0.5) is 5.69 Å². The molecule has 0 aliphatic carbocycles. The van der Waals surface area contributed by atoms with Gasteiger partial charge in [-0.25, -0.2) is 0 Å². The van der Waals surface area contributed by atoms with E-state index in [2.05, 4.69) is 22.5 Å².